The molecule has 0 bridgehead atoms. The van der Waals surface area contributed by atoms with Crippen LogP contribution in [-0.2, 0) is 22.4 Å². The normalized spacial score (nSPS) is 11.2. The number of ether oxygens (including phenoxy) is 1. The van der Waals surface area contributed by atoms with Gasteiger partial charge in [-0.3, -0.25) is 10.2 Å². The molecule has 3 rings (SSSR count). The fourth-order valence-electron chi connectivity index (χ4n) is 3.21. The Morgan fingerprint density at radius 3 is 2.31 bits per heavy atom. The Labute approximate surface area is 206 Å². The highest BCUT2D eigenvalue weighted by atomic mass is 35.5. The van der Waals surface area contributed by atoms with Crippen molar-refractivity contribution in [3.63, 3.8) is 0 Å². The van der Waals surface area contributed by atoms with Crippen LogP contribution < -0.4 is 21.1 Å². The molecule has 180 valence electrons. The van der Waals surface area contributed by atoms with E-state index in [1.165, 1.54) is 30.3 Å². The van der Waals surface area contributed by atoms with Gasteiger partial charge in [-0.15, -0.1) is 0 Å². The molecule has 1 unspecified atom stereocenters. The summed E-state index contributed by atoms with van der Waals surface area (Å²) in [5, 5.41) is 22.0. The van der Waals surface area contributed by atoms with Crippen molar-refractivity contribution in [1.29, 1.82) is 5.41 Å². The van der Waals surface area contributed by atoms with Crippen molar-refractivity contribution in [2.75, 3.05) is 5.32 Å². The van der Waals surface area contributed by atoms with E-state index in [-0.39, 0.29) is 35.1 Å². The van der Waals surface area contributed by atoms with Gasteiger partial charge < -0.3 is 26.2 Å². The Morgan fingerprint density at radius 2 is 1.71 bits per heavy atom. The average Bonchev–Trinajstić information content (AvgIpc) is 2.81. The van der Waals surface area contributed by atoms with Gasteiger partial charge in [0.15, 0.2) is 5.96 Å². The van der Waals surface area contributed by atoms with E-state index in [0.717, 1.165) is 5.56 Å². The predicted molar refractivity (Wildman–Crippen MR) is 132 cm³/mol. The Balaban J connectivity index is 1.60. The van der Waals surface area contributed by atoms with E-state index in [4.69, 9.17) is 27.5 Å². The van der Waals surface area contributed by atoms with Crippen LogP contribution in [-0.4, -0.2) is 35.0 Å². The van der Waals surface area contributed by atoms with E-state index in [0.29, 0.717) is 11.3 Å². The molecule has 0 saturated carbocycles. The zero-order valence-electron chi connectivity index (χ0n) is 18.5. The van der Waals surface area contributed by atoms with Crippen LogP contribution in [0.5, 0.6) is 5.75 Å². The van der Waals surface area contributed by atoms with Gasteiger partial charge in [0, 0.05) is 17.1 Å². The number of hydrogen-bond donors (Lipinski definition) is 5. The number of esters is 1. The summed E-state index contributed by atoms with van der Waals surface area (Å²) in [5.74, 6) is -2.30. The minimum Gasteiger partial charge on any atom is -0.480 e. The first kappa shape index (κ1) is 25.3. The van der Waals surface area contributed by atoms with Gasteiger partial charge in [-0.1, -0.05) is 48.0 Å². The van der Waals surface area contributed by atoms with E-state index in [2.05, 4.69) is 10.6 Å². The predicted octanol–water partition coefficient (Wildman–Crippen LogP) is 3.22. The molecule has 0 spiro atoms. The lowest BCUT2D eigenvalue weighted by Gasteiger charge is -2.15. The van der Waals surface area contributed by atoms with Gasteiger partial charge in [-0.25, -0.2) is 9.59 Å². The number of rotatable bonds is 9. The third kappa shape index (κ3) is 7.58. The van der Waals surface area contributed by atoms with Gasteiger partial charge in [0.1, 0.15) is 11.8 Å². The number of halogens is 1. The fraction of sp³-hybridized carbons (Fsp3) is 0.120. The lowest BCUT2D eigenvalue weighted by molar-refractivity contribution is -0.141. The van der Waals surface area contributed by atoms with Crippen molar-refractivity contribution < 1.29 is 24.2 Å². The monoisotopic (exact) mass is 494 g/mol. The molecule has 0 aromatic heterocycles. The van der Waals surface area contributed by atoms with Gasteiger partial charge in [0.25, 0.3) is 0 Å². The summed E-state index contributed by atoms with van der Waals surface area (Å²) in [5.41, 5.74) is 7.33. The minimum absolute atomic E-state index is 0.143. The van der Waals surface area contributed by atoms with Crippen molar-refractivity contribution in [1.82, 2.24) is 5.32 Å². The second-order valence-electron chi connectivity index (χ2n) is 7.58. The zero-order chi connectivity index (χ0) is 25.4. The number of nitrogens with one attached hydrogen (secondary N) is 3. The third-order valence-corrected chi connectivity index (χ3v) is 5.25. The highest BCUT2D eigenvalue weighted by Gasteiger charge is 2.21. The molecule has 0 radical (unpaired) electrons. The van der Waals surface area contributed by atoms with Gasteiger partial charge >= 0.3 is 11.9 Å². The zero-order valence-corrected chi connectivity index (χ0v) is 19.2. The SMILES string of the molecule is N=C(N)Nc1ccc(C(=O)Oc2ccc(CC(=O)NC(Cc3ccccc3)C(=O)O)c(Cl)c2)cc1. The Morgan fingerprint density at radius 1 is 1.03 bits per heavy atom. The second-order valence-corrected chi connectivity index (χ2v) is 7.99. The number of carbonyl (C=O) groups excluding carboxylic acids is 2. The molecule has 0 heterocycles. The molecule has 3 aromatic carbocycles. The smallest absolute Gasteiger partial charge is 0.343 e. The molecule has 1 atom stereocenters. The maximum Gasteiger partial charge on any atom is 0.343 e. The summed E-state index contributed by atoms with van der Waals surface area (Å²) in [4.78, 5) is 36.4. The summed E-state index contributed by atoms with van der Waals surface area (Å²) in [6, 6.07) is 18.5. The van der Waals surface area contributed by atoms with E-state index < -0.39 is 23.9 Å². The van der Waals surface area contributed by atoms with Crippen LogP contribution >= 0.6 is 11.6 Å². The maximum absolute atomic E-state index is 12.5. The van der Waals surface area contributed by atoms with Gasteiger partial charge in [0.2, 0.25) is 5.91 Å². The van der Waals surface area contributed by atoms with Gasteiger partial charge in [-0.2, -0.15) is 0 Å². The highest BCUT2D eigenvalue weighted by Crippen LogP contribution is 2.24. The van der Waals surface area contributed by atoms with Crippen molar-refractivity contribution in [2.24, 2.45) is 5.73 Å². The number of anilines is 1. The quantitative estimate of drug-likeness (QED) is 0.132. The first-order valence-electron chi connectivity index (χ1n) is 10.5. The van der Waals surface area contributed by atoms with Crippen LogP contribution in [0, 0.1) is 5.41 Å². The highest BCUT2D eigenvalue weighted by molar-refractivity contribution is 6.31. The number of aliphatic carboxylic acids is 1. The summed E-state index contributed by atoms with van der Waals surface area (Å²) >= 11 is 6.27. The molecule has 35 heavy (non-hydrogen) atoms. The first-order chi connectivity index (χ1) is 16.7. The largest absolute Gasteiger partial charge is 0.480 e. The Bertz CT molecular complexity index is 1230. The van der Waals surface area contributed by atoms with Crippen molar-refractivity contribution in [3.8, 4) is 5.75 Å². The van der Waals surface area contributed by atoms with E-state index in [1.54, 1.807) is 36.4 Å². The number of guanidine groups is 1. The summed E-state index contributed by atoms with van der Waals surface area (Å²) < 4.78 is 5.34. The average molecular weight is 495 g/mol. The standard InChI is InChI=1S/C25H23ClN4O5/c26-20-14-19(35-24(34)16-6-9-18(10-7-16)29-25(27)28)11-8-17(20)13-22(31)30-21(23(32)33)12-15-4-2-1-3-5-15/h1-11,14,21H,12-13H2,(H,30,31)(H,32,33)(H4,27,28,29). The van der Waals surface area contributed by atoms with E-state index >= 15 is 0 Å². The third-order valence-electron chi connectivity index (χ3n) is 4.90. The number of nitrogens with two attached hydrogens (primary N) is 1. The van der Waals surface area contributed by atoms with Crippen molar-refractivity contribution in [2.45, 2.75) is 18.9 Å². The van der Waals surface area contributed by atoms with E-state index in [1.807, 2.05) is 6.07 Å². The number of amides is 1. The Kier molecular flexibility index (Phi) is 8.42. The number of hydrogen-bond acceptors (Lipinski definition) is 5. The van der Waals surface area contributed by atoms with Crippen molar-refractivity contribution in [3.05, 3.63) is 94.5 Å². The molecule has 0 saturated heterocycles. The van der Waals surface area contributed by atoms with Crippen molar-refractivity contribution >= 4 is 41.1 Å². The lowest BCUT2D eigenvalue weighted by atomic mass is 10.1. The first-order valence-corrected chi connectivity index (χ1v) is 10.9. The van der Waals surface area contributed by atoms with Crippen LogP contribution in [0.2, 0.25) is 5.02 Å². The summed E-state index contributed by atoms with van der Waals surface area (Å²) in [7, 11) is 0. The fourth-order valence-corrected chi connectivity index (χ4v) is 3.45. The number of benzene rings is 3. The number of carboxylic acid groups (broad SMARTS) is 1. The van der Waals surface area contributed by atoms with Gasteiger partial charge in [-0.05, 0) is 47.5 Å². The maximum atomic E-state index is 12.5. The second kappa shape index (κ2) is 11.7. The summed E-state index contributed by atoms with van der Waals surface area (Å²) in [6.45, 7) is 0. The molecule has 9 nitrogen and oxygen atoms in total. The molecule has 0 fully saturated rings. The molecular formula is C25H23ClN4O5. The molecule has 10 heteroatoms. The van der Waals surface area contributed by atoms with Crippen LogP contribution in [0.15, 0.2) is 72.8 Å². The topological polar surface area (TPSA) is 155 Å². The molecule has 6 N–H and O–H groups in total. The molecular weight excluding hydrogens is 472 g/mol. The van der Waals surface area contributed by atoms with Crippen LogP contribution in [0.4, 0.5) is 5.69 Å². The number of carboxylic acids is 1. The lowest BCUT2D eigenvalue weighted by Crippen LogP contribution is -2.43. The van der Waals surface area contributed by atoms with Crippen LogP contribution in [0.1, 0.15) is 21.5 Å². The number of carbonyl (C=O) groups is 3. The summed E-state index contributed by atoms with van der Waals surface area (Å²) in [6.07, 6.45) is 0.00652. The molecule has 0 aliphatic heterocycles. The van der Waals surface area contributed by atoms with Gasteiger partial charge in [0.05, 0.1) is 12.0 Å². The molecule has 0 aliphatic carbocycles. The molecule has 3 aromatic rings. The van der Waals surface area contributed by atoms with E-state index in [9.17, 15) is 19.5 Å². The Hall–Kier alpha value is -4.37. The molecule has 0 aliphatic rings. The van der Waals surface area contributed by atoms with Crippen LogP contribution in [0.25, 0.3) is 0 Å². The van der Waals surface area contributed by atoms with Crippen LogP contribution in [0.3, 0.4) is 0 Å². The molecule has 1 amide bonds. The minimum atomic E-state index is -1.14.